The van der Waals surface area contributed by atoms with Crippen LogP contribution in [-0.2, 0) is 0 Å². The SMILES string of the molecule is Cc1ccccc1NCCN1CCC2CCCCC2C1. The first kappa shape index (κ1) is 13.9. The Labute approximate surface area is 123 Å². The molecule has 2 unspecified atom stereocenters. The second-order valence-electron chi connectivity index (χ2n) is 6.64. The first-order chi connectivity index (χ1) is 9.83. The van der Waals surface area contributed by atoms with Crippen LogP contribution in [-0.4, -0.2) is 31.1 Å². The normalized spacial score (nSPS) is 27.1. The van der Waals surface area contributed by atoms with Crippen LogP contribution in [0.3, 0.4) is 0 Å². The summed E-state index contributed by atoms with van der Waals surface area (Å²) in [6.45, 7) is 7.10. The van der Waals surface area contributed by atoms with Gasteiger partial charge in [-0.3, -0.25) is 0 Å². The fraction of sp³-hybridized carbons (Fsp3) is 0.667. The van der Waals surface area contributed by atoms with Crippen LogP contribution in [0.1, 0.15) is 37.7 Å². The van der Waals surface area contributed by atoms with Crippen LogP contribution in [0.15, 0.2) is 24.3 Å². The second-order valence-corrected chi connectivity index (χ2v) is 6.64. The van der Waals surface area contributed by atoms with Crippen molar-refractivity contribution in [3.05, 3.63) is 29.8 Å². The number of aryl methyl sites for hydroxylation is 1. The maximum Gasteiger partial charge on any atom is 0.0370 e. The fourth-order valence-electron chi connectivity index (χ4n) is 4.00. The molecular formula is C18H28N2. The van der Waals surface area contributed by atoms with Gasteiger partial charge in [0.25, 0.3) is 0 Å². The molecule has 3 rings (SSSR count). The van der Waals surface area contributed by atoms with E-state index in [1.807, 2.05) is 0 Å². The number of benzene rings is 1. The summed E-state index contributed by atoms with van der Waals surface area (Å²) >= 11 is 0. The van der Waals surface area contributed by atoms with Crippen LogP contribution >= 0.6 is 0 Å². The van der Waals surface area contributed by atoms with Crippen molar-refractivity contribution >= 4 is 5.69 Å². The summed E-state index contributed by atoms with van der Waals surface area (Å²) in [6.07, 6.45) is 7.37. The van der Waals surface area contributed by atoms with Gasteiger partial charge in [-0.25, -0.2) is 0 Å². The minimum absolute atomic E-state index is 0.996. The maximum atomic E-state index is 3.59. The molecule has 1 aromatic rings. The number of piperidine rings is 1. The van der Waals surface area contributed by atoms with E-state index in [0.29, 0.717) is 0 Å². The average molecular weight is 272 g/mol. The van der Waals surface area contributed by atoms with Crippen LogP contribution in [0.4, 0.5) is 5.69 Å². The lowest BCUT2D eigenvalue weighted by atomic mass is 9.75. The van der Waals surface area contributed by atoms with E-state index in [1.165, 1.54) is 63.0 Å². The molecule has 2 aliphatic rings. The number of rotatable bonds is 4. The van der Waals surface area contributed by atoms with Gasteiger partial charge < -0.3 is 10.2 Å². The number of fused-ring (bicyclic) bond motifs is 1. The summed E-state index contributed by atoms with van der Waals surface area (Å²) in [5.41, 5.74) is 2.64. The minimum Gasteiger partial charge on any atom is -0.384 e. The molecule has 2 fully saturated rings. The van der Waals surface area contributed by atoms with Crippen molar-refractivity contribution in [2.75, 3.05) is 31.5 Å². The molecule has 1 saturated carbocycles. The Morgan fingerprint density at radius 2 is 1.90 bits per heavy atom. The van der Waals surface area contributed by atoms with E-state index < -0.39 is 0 Å². The van der Waals surface area contributed by atoms with Crippen molar-refractivity contribution in [1.82, 2.24) is 4.90 Å². The molecule has 1 N–H and O–H groups in total. The zero-order valence-electron chi connectivity index (χ0n) is 12.8. The first-order valence-electron chi connectivity index (χ1n) is 8.35. The average Bonchev–Trinajstić information content (AvgIpc) is 2.49. The molecule has 1 heterocycles. The Morgan fingerprint density at radius 3 is 2.75 bits per heavy atom. The molecule has 0 spiro atoms. The van der Waals surface area contributed by atoms with Gasteiger partial charge in [0.15, 0.2) is 0 Å². The van der Waals surface area contributed by atoms with Gasteiger partial charge in [-0.15, -0.1) is 0 Å². The third-order valence-electron chi connectivity index (χ3n) is 5.26. The van der Waals surface area contributed by atoms with Crippen molar-refractivity contribution in [2.24, 2.45) is 11.8 Å². The van der Waals surface area contributed by atoms with Crippen LogP contribution in [0.25, 0.3) is 0 Å². The maximum absolute atomic E-state index is 3.59. The third-order valence-corrected chi connectivity index (χ3v) is 5.26. The molecule has 1 saturated heterocycles. The zero-order chi connectivity index (χ0) is 13.8. The first-order valence-corrected chi connectivity index (χ1v) is 8.35. The quantitative estimate of drug-likeness (QED) is 0.893. The van der Waals surface area contributed by atoms with E-state index in [0.717, 1.165) is 18.4 Å². The lowest BCUT2D eigenvalue weighted by Crippen LogP contribution is -2.43. The minimum atomic E-state index is 0.996. The van der Waals surface area contributed by atoms with Gasteiger partial charge in [0.05, 0.1) is 0 Å². The predicted molar refractivity (Wildman–Crippen MR) is 86.2 cm³/mol. The molecule has 1 aliphatic heterocycles. The van der Waals surface area contributed by atoms with E-state index >= 15 is 0 Å². The molecule has 0 bridgehead atoms. The van der Waals surface area contributed by atoms with E-state index in [9.17, 15) is 0 Å². The topological polar surface area (TPSA) is 15.3 Å². The highest BCUT2D eigenvalue weighted by Gasteiger charge is 2.30. The summed E-state index contributed by atoms with van der Waals surface area (Å²) in [7, 11) is 0. The molecule has 2 atom stereocenters. The van der Waals surface area contributed by atoms with E-state index in [2.05, 4.69) is 41.4 Å². The molecule has 0 aromatic heterocycles. The highest BCUT2D eigenvalue weighted by atomic mass is 15.1. The van der Waals surface area contributed by atoms with Crippen molar-refractivity contribution in [3.8, 4) is 0 Å². The van der Waals surface area contributed by atoms with Gasteiger partial charge in [0, 0.05) is 25.3 Å². The largest absolute Gasteiger partial charge is 0.384 e. The van der Waals surface area contributed by atoms with Crippen molar-refractivity contribution in [2.45, 2.75) is 39.0 Å². The standard InChI is InChI=1S/C18H28N2/c1-15-6-2-5-9-18(15)19-11-13-20-12-10-16-7-3-4-8-17(16)14-20/h2,5-6,9,16-17,19H,3-4,7-8,10-14H2,1H3. The molecule has 2 nitrogen and oxygen atoms in total. The van der Waals surface area contributed by atoms with Crippen LogP contribution in [0.2, 0.25) is 0 Å². The molecular weight excluding hydrogens is 244 g/mol. The number of para-hydroxylation sites is 1. The summed E-state index contributed by atoms with van der Waals surface area (Å²) in [6, 6.07) is 8.58. The van der Waals surface area contributed by atoms with Gasteiger partial charge in [0.2, 0.25) is 0 Å². The Balaban J connectivity index is 1.44. The number of likely N-dealkylation sites (tertiary alicyclic amines) is 1. The molecule has 0 radical (unpaired) electrons. The highest BCUT2D eigenvalue weighted by molar-refractivity contribution is 5.50. The van der Waals surface area contributed by atoms with Gasteiger partial charge in [0.1, 0.15) is 0 Å². The van der Waals surface area contributed by atoms with Gasteiger partial charge in [-0.2, -0.15) is 0 Å². The summed E-state index contributed by atoms with van der Waals surface area (Å²) < 4.78 is 0. The van der Waals surface area contributed by atoms with E-state index in [1.54, 1.807) is 0 Å². The summed E-state index contributed by atoms with van der Waals surface area (Å²) in [5, 5.41) is 3.59. The second kappa shape index (κ2) is 6.62. The van der Waals surface area contributed by atoms with Crippen LogP contribution in [0.5, 0.6) is 0 Å². The number of nitrogens with zero attached hydrogens (tertiary/aromatic N) is 1. The number of anilines is 1. The Morgan fingerprint density at radius 1 is 1.10 bits per heavy atom. The number of nitrogens with one attached hydrogen (secondary N) is 1. The monoisotopic (exact) mass is 272 g/mol. The summed E-state index contributed by atoms with van der Waals surface area (Å²) in [4.78, 5) is 2.68. The van der Waals surface area contributed by atoms with Gasteiger partial charge >= 0.3 is 0 Å². The molecule has 2 heteroatoms. The van der Waals surface area contributed by atoms with E-state index in [4.69, 9.17) is 0 Å². The smallest absolute Gasteiger partial charge is 0.0370 e. The Kier molecular flexibility index (Phi) is 4.62. The molecule has 1 aliphatic carbocycles. The molecule has 1 aromatic carbocycles. The zero-order valence-corrected chi connectivity index (χ0v) is 12.8. The molecule has 0 amide bonds. The van der Waals surface area contributed by atoms with Crippen molar-refractivity contribution in [1.29, 1.82) is 0 Å². The van der Waals surface area contributed by atoms with Gasteiger partial charge in [-0.1, -0.05) is 37.5 Å². The lowest BCUT2D eigenvalue weighted by molar-refractivity contribution is 0.0898. The van der Waals surface area contributed by atoms with Crippen molar-refractivity contribution in [3.63, 3.8) is 0 Å². The number of hydrogen-bond donors (Lipinski definition) is 1. The summed E-state index contributed by atoms with van der Waals surface area (Å²) in [5.74, 6) is 2.04. The van der Waals surface area contributed by atoms with Crippen LogP contribution in [0, 0.1) is 18.8 Å². The highest BCUT2D eigenvalue weighted by Crippen LogP contribution is 2.35. The van der Waals surface area contributed by atoms with Crippen molar-refractivity contribution < 1.29 is 0 Å². The Hall–Kier alpha value is -1.02. The molecule has 20 heavy (non-hydrogen) atoms. The fourth-order valence-corrected chi connectivity index (χ4v) is 4.00. The van der Waals surface area contributed by atoms with E-state index in [-0.39, 0.29) is 0 Å². The third kappa shape index (κ3) is 3.35. The van der Waals surface area contributed by atoms with Crippen LogP contribution < -0.4 is 5.32 Å². The molecule has 110 valence electrons. The van der Waals surface area contributed by atoms with Gasteiger partial charge in [-0.05, 0) is 49.8 Å². The number of hydrogen-bond acceptors (Lipinski definition) is 2. The lowest BCUT2D eigenvalue weighted by Gasteiger charge is -2.41. The predicted octanol–water partition coefficient (Wildman–Crippen LogP) is 3.92. The Bertz CT molecular complexity index is 429.